The second-order valence-corrected chi connectivity index (χ2v) is 4.42. The largest absolute Gasteiger partial charge is 0.493 e. The molecule has 0 bridgehead atoms. The van der Waals surface area contributed by atoms with Crippen LogP contribution < -0.4 is 0 Å². The average molecular weight is 232 g/mol. The van der Waals surface area contributed by atoms with E-state index in [1.165, 1.54) is 29.0 Å². The molecule has 2 aromatic rings. The summed E-state index contributed by atoms with van der Waals surface area (Å²) in [5.41, 5.74) is 2.48. The molecule has 1 N–H and O–H groups in total. The minimum atomic E-state index is 0.0155. The number of aryl methyl sites for hydroxylation is 1. The molecule has 0 amide bonds. The summed E-state index contributed by atoms with van der Waals surface area (Å²) in [6.07, 6.45) is 1.56. The van der Waals surface area contributed by atoms with Crippen LogP contribution in [0.1, 0.15) is 11.1 Å². The molecule has 3 nitrogen and oxygen atoms in total. The molecule has 0 aliphatic heterocycles. The van der Waals surface area contributed by atoms with E-state index in [0.29, 0.717) is 5.16 Å². The monoisotopic (exact) mass is 232 g/mol. The van der Waals surface area contributed by atoms with Gasteiger partial charge in [0.15, 0.2) is 5.16 Å². The Balaban J connectivity index is 2.02. The number of benzene rings is 1. The highest BCUT2D eigenvalue weighted by Gasteiger charge is 2.00. The maximum atomic E-state index is 9.19. The van der Waals surface area contributed by atoms with E-state index in [1.54, 1.807) is 6.20 Å². The molecule has 1 heterocycles. The summed E-state index contributed by atoms with van der Waals surface area (Å²) in [4.78, 5) is 7.99. The van der Waals surface area contributed by atoms with Crippen molar-refractivity contribution in [2.24, 2.45) is 0 Å². The highest BCUT2D eigenvalue weighted by Crippen LogP contribution is 2.20. The number of nitrogens with zero attached hydrogens (tertiary/aromatic N) is 2. The van der Waals surface area contributed by atoms with Crippen molar-refractivity contribution in [3.63, 3.8) is 0 Å². The summed E-state index contributed by atoms with van der Waals surface area (Å²) in [5, 5.41) is 9.79. The van der Waals surface area contributed by atoms with Gasteiger partial charge in [-0.15, -0.1) is 0 Å². The van der Waals surface area contributed by atoms with Crippen molar-refractivity contribution in [1.82, 2.24) is 9.97 Å². The molecule has 0 atom stereocenters. The summed E-state index contributed by atoms with van der Waals surface area (Å²) in [6.45, 7) is 2.07. The van der Waals surface area contributed by atoms with Crippen molar-refractivity contribution >= 4 is 11.8 Å². The Morgan fingerprint density at radius 2 is 2.19 bits per heavy atom. The first-order chi connectivity index (χ1) is 7.74. The lowest BCUT2D eigenvalue weighted by Crippen LogP contribution is -1.87. The summed E-state index contributed by atoms with van der Waals surface area (Å²) in [6, 6.07) is 9.78. The van der Waals surface area contributed by atoms with Crippen LogP contribution in [-0.4, -0.2) is 15.1 Å². The van der Waals surface area contributed by atoms with Crippen molar-refractivity contribution in [2.45, 2.75) is 17.8 Å². The number of aromatic nitrogens is 2. The summed E-state index contributed by atoms with van der Waals surface area (Å²) >= 11 is 1.51. The average Bonchev–Trinajstić information content (AvgIpc) is 2.27. The Morgan fingerprint density at radius 3 is 2.94 bits per heavy atom. The Hall–Kier alpha value is -1.55. The van der Waals surface area contributed by atoms with Crippen LogP contribution in [0.3, 0.4) is 0 Å². The van der Waals surface area contributed by atoms with Gasteiger partial charge in [0.05, 0.1) is 0 Å². The van der Waals surface area contributed by atoms with Crippen molar-refractivity contribution in [2.75, 3.05) is 0 Å². The van der Waals surface area contributed by atoms with E-state index in [0.717, 1.165) is 5.75 Å². The first-order valence-corrected chi connectivity index (χ1v) is 5.93. The summed E-state index contributed by atoms with van der Waals surface area (Å²) in [7, 11) is 0. The highest BCUT2D eigenvalue weighted by molar-refractivity contribution is 7.98. The predicted octanol–water partition coefficient (Wildman–Crippen LogP) is 2.78. The molecule has 0 saturated carbocycles. The number of hydrogen-bond acceptors (Lipinski definition) is 4. The van der Waals surface area contributed by atoms with Gasteiger partial charge in [0, 0.05) is 18.0 Å². The second-order valence-electron chi connectivity index (χ2n) is 3.48. The number of aromatic hydroxyl groups is 1. The molecule has 0 aliphatic carbocycles. The quantitative estimate of drug-likeness (QED) is 0.653. The van der Waals surface area contributed by atoms with Gasteiger partial charge in [0.25, 0.3) is 0 Å². The van der Waals surface area contributed by atoms with Crippen LogP contribution in [0.25, 0.3) is 0 Å². The molecule has 0 unspecified atom stereocenters. The third kappa shape index (κ3) is 2.97. The molecule has 82 valence electrons. The molecule has 1 aromatic carbocycles. The molecule has 0 fully saturated rings. The summed E-state index contributed by atoms with van der Waals surface area (Å²) in [5.74, 6) is 0.826. The first kappa shape index (κ1) is 11.0. The molecule has 1 aromatic heterocycles. The van der Waals surface area contributed by atoms with E-state index in [2.05, 4.69) is 35.1 Å². The zero-order valence-electron chi connectivity index (χ0n) is 8.92. The molecule has 0 radical (unpaired) electrons. The Kier molecular flexibility index (Phi) is 3.41. The van der Waals surface area contributed by atoms with Crippen LogP contribution in [0.2, 0.25) is 0 Å². The van der Waals surface area contributed by atoms with E-state index in [1.807, 2.05) is 6.07 Å². The van der Waals surface area contributed by atoms with Gasteiger partial charge >= 0.3 is 0 Å². The molecule has 0 spiro atoms. The van der Waals surface area contributed by atoms with Gasteiger partial charge < -0.3 is 5.11 Å². The minimum Gasteiger partial charge on any atom is -0.493 e. The maximum absolute atomic E-state index is 9.19. The molecule has 4 heteroatoms. The first-order valence-electron chi connectivity index (χ1n) is 4.94. The molecular formula is C12H12N2OS. The van der Waals surface area contributed by atoms with Crippen molar-refractivity contribution in [3.05, 3.63) is 47.7 Å². The van der Waals surface area contributed by atoms with Crippen molar-refractivity contribution < 1.29 is 5.11 Å². The van der Waals surface area contributed by atoms with Crippen molar-refractivity contribution in [1.29, 1.82) is 0 Å². The van der Waals surface area contributed by atoms with Crippen LogP contribution in [-0.2, 0) is 5.75 Å². The standard InChI is InChI=1S/C12H12N2OS/c1-9-3-2-4-10(7-9)8-16-12-13-6-5-11(15)14-12/h2-7H,8H2,1H3,(H,13,14,15). The van der Waals surface area contributed by atoms with Crippen LogP contribution in [0.4, 0.5) is 0 Å². The molecular weight excluding hydrogens is 220 g/mol. The Labute approximate surface area is 98.6 Å². The summed E-state index contributed by atoms with van der Waals surface area (Å²) < 4.78 is 0. The fraction of sp³-hybridized carbons (Fsp3) is 0.167. The van der Waals surface area contributed by atoms with Gasteiger partial charge in [-0.1, -0.05) is 41.6 Å². The fourth-order valence-electron chi connectivity index (χ4n) is 1.35. The lowest BCUT2D eigenvalue weighted by atomic mass is 10.2. The zero-order chi connectivity index (χ0) is 11.4. The zero-order valence-corrected chi connectivity index (χ0v) is 9.74. The molecule has 16 heavy (non-hydrogen) atoms. The third-order valence-corrected chi connectivity index (χ3v) is 3.00. The van der Waals surface area contributed by atoms with E-state index in [-0.39, 0.29) is 5.88 Å². The van der Waals surface area contributed by atoms with Crippen LogP contribution >= 0.6 is 11.8 Å². The van der Waals surface area contributed by atoms with E-state index in [9.17, 15) is 5.11 Å². The van der Waals surface area contributed by atoms with Gasteiger partial charge in [-0.05, 0) is 12.5 Å². The number of rotatable bonds is 3. The van der Waals surface area contributed by atoms with Gasteiger partial charge in [-0.2, -0.15) is 4.98 Å². The number of thioether (sulfide) groups is 1. The van der Waals surface area contributed by atoms with Crippen LogP contribution in [0, 0.1) is 6.92 Å². The van der Waals surface area contributed by atoms with Gasteiger partial charge in [-0.25, -0.2) is 4.98 Å². The molecule has 2 rings (SSSR count). The molecule has 0 aliphatic rings. The van der Waals surface area contributed by atoms with Gasteiger partial charge in [0.1, 0.15) is 0 Å². The third-order valence-electron chi connectivity index (χ3n) is 2.07. The fourth-order valence-corrected chi connectivity index (χ4v) is 2.12. The smallest absolute Gasteiger partial charge is 0.214 e. The van der Waals surface area contributed by atoms with Gasteiger partial charge in [-0.3, -0.25) is 0 Å². The lowest BCUT2D eigenvalue weighted by molar-refractivity contribution is 0.445. The SMILES string of the molecule is Cc1cccc(CSc2nccc(O)n2)c1. The van der Waals surface area contributed by atoms with E-state index >= 15 is 0 Å². The van der Waals surface area contributed by atoms with Gasteiger partial charge in [0.2, 0.25) is 5.88 Å². The Morgan fingerprint density at radius 1 is 1.31 bits per heavy atom. The second kappa shape index (κ2) is 4.99. The highest BCUT2D eigenvalue weighted by atomic mass is 32.2. The number of hydrogen-bond donors (Lipinski definition) is 1. The van der Waals surface area contributed by atoms with E-state index < -0.39 is 0 Å². The topological polar surface area (TPSA) is 46.0 Å². The normalized spacial score (nSPS) is 10.3. The van der Waals surface area contributed by atoms with Crippen LogP contribution in [0.5, 0.6) is 5.88 Å². The molecule has 0 saturated heterocycles. The van der Waals surface area contributed by atoms with Crippen LogP contribution in [0.15, 0.2) is 41.7 Å². The lowest BCUT2D eigenvalue weighted by Gasteiger charge is -2.01. The predicted molar refractivity (Wildman–Crippen MR) is 64.4 cm³/mol. The maximum Gasteiger partial charge on any atom is 0.214 e. The van der Waals surface area contributed by atoms with Crippen molar-refractivity contribution in [3.8, 4) is 5.88 Å². The Bertz CT molecular complexity index is 442. The van der Waals surface area contributed by atoms with E-state index in [4.69, 9.17) is 0 Å². The minimum absolute atomic E-state index is 0.0155.